The maximum Gasteiger partial charge on any atom is 0.263 e. The lowest BCUT2D eigenvalue weighted by atomic mass is 9.87. The van der Waals surface area contributed by atoms with E-state index in [0.29, 0.717) is 31.9 Å². The number of hydrogen-bond acceptors (Lipinski definition) is 4. The minimum Gasteiger partial charge on any atom is -0.366 e. The molecular weight excluding hydrogens is 413 g/mol. The van der Waals surface area contributed by atoms with Gasteiger partial charge in [0.2, 0.25) is 5.91 Å². The smallest absolute Gasteiger partial charge is 0.263 e. The van der Waals surface area contributed by atoms with Crippen molar-refractivity contribution in [1.82, 2.24) is 9.80 Å². The van der Waals surface area contributed by atoms with Crippen LogP contribution in [-0.2, 0) is 17.6 Å². The maximum atomic E-state index is 14.1. The number of aryl methyl sites for hydroxylation is 1. The standard InChI is InChI=1S/C24H28FN3O2S/c25-19-5-1-2-6-20(19)26-11-13-28(14-12-26)23(29)17-7-8-21-18(15-17)16-22(31-21)24(30)27-9-3-4-10-27/h1-2,5-6,16-17H,3-4,7-15H2. The van der Waals surface area contributed by atoms with Crippen LogP contribution in [0.25, 0.3) is 0 Å². The largest absolute Gasteiger partial charge is 0.366 e. The van der Waals surface area contributed by atoms with E-state index >= 15 is 0 Å². The van der Waals surface area contributed by atoms with Crippen molar-refractivity contribution >= 4 is 28.8 Å². The van der Waals surface area contributed by atoms with Crippen LogP contribution in [-0.4, -0.2) is 60.9 Å². The molecule has 7 heteroatoms. The van der Waals surface area contributed by atoms with Gasteiger partial charge in [-0.25, -0.2) is 4.39 Å². The molecule has 1 aromatic carbocycles. The Morgan fingerprint density at radius 3 is 2.45 bits per heavy atom. The van der Waals surface area contributed by atoms with Gasteiger partial charge in [0.1, 0.15) is 5.82 Å². The number of para-hydroxylation sites is 1. The predicted octanol–water partition coefficient (Wildman–Crippen LogP) is 3.58. The van der Waals surface area contributed by atoms with Crippen molar-refractivity contribution in [1.29, 1.82) is 0 Å². The van der Waals surface area contributed by atoms with E-state index in [1.807, 2.05) is 26.8 Å². The zero-order chi connectivity index (χ0) is 21.4. The minimum absolute atomic E-state index is 0.0168. The topological polar surface area (TPSA) is 43.9 Å². The van der Waals surface area contributed by atoms with Crippen LogP contribution in [0.4, 0.5) is 10.1 Å². The molecule has 0 radical (unpaired) electrons. The molecule has 2 fully saturated rings. The number of carbonyl (C=O) groups is 2. The first-order valence-corrected chi connectivity index (χ1v) is 12.1. The van der Waals surface area contributed by atoms with E-state index < -0.39 is 0 Å². The summed E-state index contributed by atoms with van der Waals surface area (Å²) in [4.78, 5) is 33.9. The van der Waals surface area contributed by atoms with E-state index in [1.54, 1.807) is 23.5 Å². The normalized spacial score (nSPS) is 21.3. The van der Waals surface area contributed by atoms with Crippen LogP contribution in [0.1, 0.15) is 39.4 Å². The second kappa shape index (κ2) is 8.61. The molecule has 2 amide bonds. The Kier molecular flexibility index (Phi) is 5.69. The Morgan fingerprint density at radius 2 is 1.71 bits per heavy atom. The van der Waals surface area contributed by atoms with E-state index in [2.05, 4.69) is 0 Å². The Hall–Kier alpha value is -2.41. The molecule has 5 rings (SSSR count). The van der Waals surface area contributed by atoms with E-state index in [-0.39, 0.29) is 23.5 Å². The van der Waals surface area contributed by atoms with Crippen LogP contribution in [0, 0.1) is 11.7 Å². The summed E-state index contributed by atoms with van der Waals surface area (Å²) in [5.41, 5.74) is 1.80. The zero-order valence-electron chi connectivity index (χ0n) is 17.7. The number of carbonyl (C=O) groups excluding carboxylic acids is 2. The lowest BCUT2D eigenvalue weighted by Crippen LogP contribution is -2.51. The number of nitrogens with zero attached hydrogens (tertiary/aromatic N) is 3. The molecule has 5 nitrogen and oxygen atoms in total. The lowest BCUT2D eigenvalue weighted by Gasteiger charge is -2.38. The molecule has 1 atom stereocenters. The number of piperazine rings is 1. The van der Waals surface area contributed by atoms with Crippen LogP contribution in [0.2, 0.25) is 0 Å². The van der Waals surface area contributed by atoms with E-state index in [9.17, 15) is 14.0 Å². The van der Waals surface area contributed by atoms with Crippen molar-refractivity contribution in [3.63, 3.8) is 0 Å². The van der Waals surface area contributed by atoms with Crippen LogP contribution in [0.15, 0.2) is 30.3 Å². The third-order valence-corrected chi connectivity index (χ3v) is 8.05. The zero-order valence-corrected chi connectivity index (χ0v) is 18.5. The van der Waals surface area contributed by atoms with E-state index in [1.165, 1.54) is 16.5 Å². The van der Waals surface area contributed by atoms with Gasteiger partial charge in [-0.1, -0.05) is 12.1 Å². The quantitative estimate of drug-likeness (QED) is 0.731. The molecule has 1 unspecified atom stereocenters. The van der Waals surface area contributed by atoms with Crippen LogP contribution < -0.4 is 4.90 Å². The van der Waals surface area contributed by atoms with Crippen molar-refractivity contribution in [2.75, 3.05) is 44.2 Å². The van der Waals surface area contributed by atoms with Crippen molar-refractivity contribution in [2.24, 2.45) is 5.92 Å². The molecule has 1 aliphatic carbocycles. The highest BCUT2D eigenvalue weighted by molar-refractivity contribution is 7.14. The monoisotopic (exact) mass is 441 g/mol. The third-order valence-electron chi connectivity index (χ3n) is 6.82. The Bertz CT molecular complexity index is 977. The summed E-state index contributed by atoms with van der Waals surface area (Å²) >= 11 is 1.62. The van der Waals surface area contributed by atoms with Crippen molar-refractivity contribution in [3.8, 4) is 0 Å². The number of rotatable bonds is 3. The number of likely N-dealkylation sites (tertiary alicyclic amines) is 1. The molecule has 31 heavy (non-hydrogen) atoms. The number of amides is 2. The second-order valence-corrected chi connectivity index (χ2v) is 9.90. The van der Waals surface area contributed by atoms with Gasteiger partial charge in [0.05, 0.1) is 10.6 Å². The highest BCUT2D eigenvalue weighted by Gasteiger charge is 2.32. The fourth-order valence-corrected chi connectivity index (χ4v) is 6.23. The summed E-state index contributed by atoms with van der Waals surface area (Å²) in [6.07, 6.45) is 4.64. The molecule has 0 saturated carbocycles. The Balaban J connectivity index is 1.20. The lowest BCUT2D eigenvalue weighted by molar-refractivity contribution is -0.136. The highest BCUT2D eigenvalue weighted by atomic mass is 32.1. The molecule has 0 bridgehead atoms. The van der Waals surface area contributed by atoms with Crippen LogP contribution in [0.3, 0.4) is 0 Å². The summed E-state index contributed by atoms with van der Waals surface area (Å²) in [5, 5.41) is 0. The number of anilines is 1. The van der Waals surface area contributed by atoms with Crippen molar-refractivity contribution < 1.29 is 14.0 Å². The Labute approximate surface area is 186 Å². The van der Waals surface area contributed by atoms with E-state index in [0.717, 1.165) is 50.1 Å². The van der Waals surface area contributed by atoms with Gasteiger partial charge in [-0.15, -0.1) is 11.3 Å². The fraction of sp³-hybridized carbons (Fsp3) is 0.500. The summed E-state index contributed by atoms with van der Waals surface area (Å²) in [6, 6.07) is 8.86. The molecule has 3 heterocycles. The van der Waals surface area contributed by atoms with E-state index in [4.69, 9.17) is 0 Å². The summed E-state index contributed by atoms with van der Waals surface area (Å²) in [7, 11) is 0. The molecular formula is C24H28FN3O2S. The van der Waals surface area contributed by atoms with Gasteiger partial charge in [0, 0.05) is 50.1 Å². The number of benzene rings is 1. The summed E-state index contributed by atoms with van der Waals surface area (Å²) in [5.74, 6) is 0.136. The molecule has 2 aliphatic heterocycles. The first kappa shape index (κ1) is 20.5. The van der Waals surface area contributed by atoms with Crippen LogP contribution in [0.5, 0.6) is 0 Å². The van der Waals surface area contributed by atoms with Gasteiger partial charge in [-0.2, -0.15) is 0 Å². The summed E-state index contributed by atoms with van der Waals surface area (Å²) < 4.78 is 14.1. The van der Waals surface area contributed by atoms with Gasteiger partial charge >= 0.3 is 0 Å². The first-order valence-electron chi connectivity index (χ1n) is 11.3. The van der Waals surface area contributed by atoms with Gasteiger partial charge in [-0.05, 0) is 55.9 Å². The third kappa shape index (κ3) is 4.07. The Morgan fingerprint density at radius 1 is 0.968 bits per heavy atom. The number of fused-ring (bicyclic) bond motifs is 1. The molecule has 1 aromatic heterocycles. The maximum absolute atomic E-state index is 14.1. The molecule has 0 N–H and O–H groups in total. The SMILES string of the molecule is O=C(c1cc2c(s1)CCC(C(=O)N1CCN(c3ccccc3F)CC1)C2)N1CCCC1. The molecule has 164 valence electrons. The van der Waals surface area contributed by atoms with Gasteiger partial charge in [-0.3, -0.25) is 9.59 Å². The average Bonchev–Trinajstić information content (AvgIpc) is 3.48. The summed E-state index contributed by atoms with van der Waals surface area (Å²) in [6.45, 7) is 4.27. The minimum atomic E-state index is -0.209. The second-order valence-electron chi connectivity index (χ2n) is 8.76. The van der Waals surface area contributed by atoms with Crippen LogP contribution >= 0.6 is 11.3 Å². The number of halogens is 1. The van der Waals surface area contributed by atoms with Crippen molar-refractivity contribution in [3.05, 3.63) is 51.5 Å². The predicted molar refractivity (Wildman–Crippen MR) is 120 cm³/mol. The van der Waals surface area contributed by atoms with Gasteiger partial charge in [0.25, 0.3) is 5.91 Å². The van der Waals surface area contributed by atoms with Crippen molar-refractivity contribution in [2.45, 2.75) is 32.1 Å². The van der Waals surface area contributed by atoms with Gasteiger partial charge < -0.3 is 14.7 Å². The molecule has 2 aromatic rings. The highest BCUT2D eigenvalue weighted by Crippen LogP contribution is 2.34. The average molecular weight is 442 g/mol. The number of hydrogen-bond donors (Lipinski definition) is 0. The van der Waals surface area contributed by atoms with Gasteiger partial charge in [0.15, 0.2) is 0 Å². The molecule has 0 spiro atoms. The fourth-order valence-electron chi connectivity index (χ4n) is 5.05. The first-order chi connectivity index (χ1) is 15.1. The molecule has 2 saturated heterocycles. The number of thiophene rings is 1. The molecule has 3 aliphatic rings.